The van der Waals surface area contributed by atoms with Gasteiger partial charge in [-0.15, -0.1) is 11.3 Å². The number of nitrogens with one attached hydrogen (secondary N) is 1. The third-order valence-electron chi connectivity index (χ3n) is 3.69. The second-order valence-electron chi connectivity index (χ2n) is 5.47. The molecule has 7 heteroatoms. The van der Waals surface area contributed by atoms with Gasteiger partial charge in [0.05, 0.1) is 5.60 Å². The van der Waals surface area contributed by atoms with Crippen LogP contribution in [0.1, 0.15) is 29.1 Å². The molecule has 1 fully saturated rings. The number of carbonyl (C=O) groups is 1. The average molecular weight is 338 g/mol. The molecule has 2 aromatic heterocycles. The van der Waals surface area contributed by atoms with Crippen LogP contribution in [-0.2, 0) is 0 Å². The molecule has 5 nitrogen and oxygen atoms in total. The van der Waals surface area contributed by atoms with E-state index in [1.165, 1.54) is 11.3 Å². The second-order valence-corrected chi connectivity index (χ2v) is 7.55. The summed E-state index contributed by atoms with van der Waals surface area (Å²) in [6.07, 6.45) is 1.43. The monoisotopic (exact) mass is 338 g/mol. The van der Waals surface area contributed by atoms with Crippen LogP contribution in [0, 0.1) is 6.92 Å². The van der Waals surface area contributed by atoms with Crippen LogP contribution in [0.4, 0.5) is 0 Å². The molecule has 0 aromatic carbocycles. The Labute approximate surface area is 137 Å². The molecule has 0 radical (unpaired) electrons. The molecule has 1 aliphatic rings. The van der Waals surface area contributed by atoms with Gasteiger partial charge in [0.1, 0.15) is 11.5 Å². The van der Waals surface area contributed by atoms with E-state index in [0.29, 0.717) is 29.3 Å². The molecule has 0 atom stereocenters. The molecule has 3 rings (SSSR count). The largest absolute Gasteiger partial charge is 0.459 e. The van der Waals surface area contributed by atoms with Gasteiger partial charge in [0.2, 0.25) is 0 Å². The van der Waals surface area contributed by atoms with Crippen LogP contribution in [0.2, 0.25) is 0 Å². The van der Waals surface area contributed by atoms with E-state index in [-0.39, 0.29) is 12.5 Å². The summed E-state index contributed by atoms with van der Waals surface area (Å²) in [6, 6.07) is 3.71. The summed E-state index contributed by atoms with van der Waals surface area (Å²) in [5.41, 5.74) is -0.416. The highest BCUT2D eigenvalue weighted by atomic mass is 32.2. The summed E-state index contributed by atoms with van der Waals surface area (Å²) in [7, 11) is 0. The van der Waals surface area contributed by atoms with Crippen LogP contribution in [0.3, 0.4) is 0 Å². The zero-order chi connectivity index (χ0) is 15.6. The van der Waals surface area contributed by atoms with Crippen molar-refractivity contribution in [2.24, 2.45) is 0 Å². The first kappa shape index (κ1) is 15.6. The third-order valence-corrected chi connectivity index (χ3v) is 5.53. The molecule has 2 N–H and O–H groups in total. The van der Waals surface area contributed by atoms with Crippen LogP contribution < -0.4 is 5.32 Å². The van der Waals surface area contributed by atoms with E-state index in [0.717, 1.165) is 17.3 Å². The minimum Gasteiger partial charge on any atom is -0.459 e. The lowest BCUT2D eigenvalue weighted by atomic mass is 9.97. The van der Waals surface area contributed by atoms with E-state index >= 15 is 0 Å². The maximum atomic E-state index is 12.2. The van der Waals surface area contributed by atoms with Gasteiger partial charge in [0.15, 0.2) is 10.8 Å². The van der Waals surface area contributed by atoms with Crippen LogP contribution in [-0.4, -0.2) is 39.6 Å². The number of rotatable bonds is 4. The average Bonchev–Trinajstić information content (AvgIpc) is 3.14. The highest BCUT2D eigenvalue weighted by molar-refractivity contribution is 7.99. The number of hydrogen-bond donors (Lipinski definition) is 2. The van der Waals surface area contributed by atoms with Gasteiger partial charge in [0, 0.05) is 11.9 Å². The number of aryl methyl sites for hydroxylation is 1. The van der Waals surface area contributed by atoms with Crippen molar-refractivity contribution in [3.8, 4) is 10.8 Å². The zero-order valence-electron chi connectivity index (χ0n) is 12.3. The lowest BCUT2D eigenvalue weighted by molar-refractivity contribution is 0.0310. The molecule has 22 heavy (non-hydrogen) atoms. The second kappa shape index (κ2) is 6.44. The molecule has 1 aliphatic heterocycles. The predicted octanol–water partition coefficient (Wildman–Crippen LogP) is 2.70. The van der Waals surface area contributed by atoms with Crippen LogP contribution >= 0.6 is 23.1 Å². The fourth-order valence-corrected chi connectivity index (χ4v) is 4.32. The molecule has 0 bridgehead atoms. The van der Waals surface area contributed by atoms with Crippen molar-refractivity contribution < 1.29 is 14.3 Å². The predicted molar refractivity (Wildman–Crippen MR) is 88.4 cm³/mol. The quantitative estimate of drug-likeness (QED) is 0.896. The van der Waals surface area contributed by atoms with Gasteiger partial charge < -0.3 is 14.8 Å². The standard InChI is InChI=1S/C15H18N2O3S2/c1-10-2-3-12(20-10)14-17-11(8-22-14)13(18)16-9-15(19)4-6-21-7-5-15/h2-3,8,19H,4-7,9H2,1H3,(H,16,18). The van der Waals surface area contributed by atoms with Gasteiger partial charge in [-0.2, -0.15) is 11.8 Å². The van der Waals surface area contributed by atoms with E-state index in [4.69, 9.17) is 4.42 Å². The number of amides is 1. The molecule has 0 aliphatic carbocycles. The molecule has 0 saturated carbocycles. The Bertz CT molecular complexity index is 659. The Hall–Kier alpha value is -1.31. The summed E-state index contributed by atoms with van der Waals surface area (Å²) in [5, 5.41) is 15.6. The van der Waals surface area contributed by atoms with Crippen molar-refractivity contribution in [1.29, 1.82) is 0 Å². The molecule has 0 spiro atoms. The normalized spacial score (nSPS) is 17.4. The van der Waals surface area contributed by atoms with Crippen molar-refractivity contribution in [2.45, 2.75) is 25.4 Å². The van der Waals surface area contributed by atoms with E-state index in [1.54, 1.807) is 5.38 Å². The number of thiazole rings is 1. The van der Waals surface area contributed by atoms with Gasteiger partial charge in [-0.25, -0.2) is 4.98 Å². The lowest BCUT2D eigenvalue weighted by Gasteiger charge is -2.31. The third kappa shape index (κ3) is 3.53. The molecule has 1 amide bonds. The van der Waals surface area contributed by atoms with Crippen LogP contribution in [0.15, 0.2) is 21.9 Å². The minimum absolute atomic E-state index is 0.252. The van der Waals surface area contributed by atoms with Crippen molar-refractivity contribution in [3.05, 3.63) is 29.0 Å². The Morgan fingerprint density at radius 3 is 2.91 bits per heavy atom. The number of carbonyl (C=O) groups excluding carboxylic acids is 1. The molecule has 118 valence electrons. The number of nitrogens with zero attached hydrogens (tertiary/aromatic N) is 1. The Morgan fingerprint density at radius 2 is 2.23 bits per heavy atom. The molecule has 3 heterocycles. The summed E-state index contributed by atoms with van der Waals surface area (Å²) in [4.78, 5) is 16.5. The van der Waals surface area contributed by atoms with Crippen LogP contribution in [0.5, 0.6) is 0 Å². The van der Waals surface area contributed by atoms with Crippen molar-refractivity contribution >= 4 is 29.0 Å². The number of aromatic nitrogens is 1. The maximum absolute atomic E-state index is 12.2. The zero-order valence-corrected chi connectivity index (χ0v) is 13.9. The number of aliphatic hydroxyl groups is 1. The van der Waals surface area contributed by atoms with Gasteiger partial charge in [-0.3, -0.25) is 4.79 Å². The first-order valence-corrected chi connectivity index (χ1v) is 9.20. The highest BCUT2D eigenvalue weighted by Gasteiger charge is 2.30. The summed E-state index contributed by atoms with van der Waals surface area (Å²) in [6.45, 7) is 2.15. The maximum Gasteiger partial charge on any atom is 0.270 e. The van der Waals surface area contributed by atoms with Crippen molar-refractivity contribution in [1.82, 2.24) is 10.3 Å². The summed E-state index contributed by atoms with van der Waals surface area (Å²) >= 11 is 3.21. The Morgan fingerprint density at radius 1 is 1.45 bits per heavy atom. The highest BCUT2D eigenvalue weighted by Crippen LogP contribution is 2.27. The van der Waals surface area contributed by atoms with Crippen LogP contribution in [0.25, 0.3) is 10.8 Å². The van der Waals surface area contributed by atoms with Crippen molar-refractivity contribution in [2.75, 3.05) is 18.1 Å². The fraction of sp³-hybridized carbons (Fsp3) is 0.467. The Balaban J connectivity index is 1.62. The first-order valence-electron chi connectivity index (χ1n) is 7.16. The molecular weight excluding hydrogens is 320 g/mol. The summed E-state index contributed by atoms with van der Waals surface area (Å²) < 4.78 is 5.51. The lowest BCUT2D eigenvalue weighted by Crippen LogP contribution is -2.45. The molecule has 0 unspecified atom stereocenters. The number of hydrogen-bond acceptors (Lipinski definition) is 6. The van der Waals surface area contributed by atoms with E-state index in [1.807, 2.05) is 30.8 Å². The van der Waals surface area contributed by atoms with Gasteiger partial charge >= 0.3 is 0 Å². The van der Waals surface area contributed by atoms with E-state index in [2.05, 4.69) is 10.3 Å². The Kier molecular flexibility index (Phi) is 4.56. The van der Waals surface area contributed by atoms with Gasteiger partial charge in [0.25, 0.3) is 5.91 Å². The van der Waals surface area contributed by atoms with Gasteiger partial charge in [-0.1, -0.05) is 0 Å². The molecular formula is C15H18N2O3S2. The molecule has 1 saturated heterocycles. The smallest absolute Gasteiger partial charge is 0.270 e. The van der Waals surface area contributed by atoms with E-state index in [9.17, 15) is 9.90 Å². The van der Waals surface area contributed by atoms with Gasteiger partial charge in [-0.05, 0) is 43.4 Å². The minimum atomic E-state index is -0.780. The number of thioether (sulfide) groups is 1. The SMILES string of the molecule is Cc1ccc(-c2nc(C(=O)NCC3(O)CCSCC3)cs2)o1. The fourth-order valence-electron chi connectivity index (χ4n) is 2.30. The topological polar surface area (TPSA) is 75.4 Å². The summed E-state index contributed by atoms with van der Waals surface area (Å²) in [5.74, 6) is 3.10. The number of furan rings is 1. The first-order chi connectivity index (χ1) is 10.6. The molecule has 2 aromatic rings. The van der Waals surface area contributed by atoms with Crippen molar-refractivity contribution in [3.63, 3.8) is 0 Å². The van der Waals surface area contributed by atoms with E-state index < -0.39 is 5.60 Å².